The summed E-state index contributed by atoms with van der Waals surface area (Å²) in [7, 11) is 2.43. The van der Waals surface area contributed by atoms with Gasteiger partial charge < -0.3 is 23.9 Å². The molecule has 0 bridgehead atoms. The number of carbonyl (C=O) groups is 4. The number of nitrogens with one attached hydrogen (secondary N) is 1. The van der Waals surface area contributed by atoms with Crippen LogP contribution in [0, 0.1) is 0 Å². The van der Waals surface area contributed by atoms with Gasteiger partial charge in [0.2, 0.25) is 5.76 Å². The fraction of sp³-hybridized carbons (Fsp3) is 0.200. The Morgan fingerprint density at radius 2 is 1.97 bits per heavy atom. The van der Waals surface area contributed by atoms with Gasteiger partial charge >= 0.3 is 18.0 Å². The summed E-state index contributed by atoms with van der Waals surface area (Å²) >= 11 is 9.40. The van der Waals surface area contributed by atoms with E-state index in [2.05, 4.69) is 30.7 Å². The zero-order valence-electron chi connectivity index (χ0n) is 16.8. The third kappa shape index (κ3) is 5.11. The Morgan fingerprint density at radius 1 is 1.22 bits per heavy atom. The number of nitrogens with zero attached hydrogens (tertiary/aromatic N) is 1. The van der Waals surface area contributed by atoms with E-state index in [1.54, 1.807) is 6.07 Å². The zero-order chi connectivity index (χ0) is 23.4. The second-order valence-corrected chi connectivity index (χ2v) is 7.60. The SMILES string of the molecule is COC(=O)COc1c(Br)cc(Cl)cc1/C=C1\NC(=O)N(Cc2ccc(C(=O)OC)o2)C1=O. The van der Waals surface area contributed by atoms with Gasteiger partial charge in [0.15, 0.2) is 6.61 Å². The van der Waals surface area contributed by atoms with Crippen LogP contribution in [0.2, 0.25) is 5.02 Å². The molecule has 1 aliphatic heterocycles. The van der Waals surface area contributed by atoms with Crippen LogP contribution in [-0.2, 0) is 25.6 Å². The molecule has 0 radical (unpaired) electrons. The number of methoxy groups -OCH3 is 2. The third-order valence-electron chi connectivity index (χ3n) is 4.22. The maximum Gasteiger partial charge on any atom is 0.373 e. The van der Waals surface area contributed by atoms with Crippen molar-refractivity contribution in [2.24, 2.45) is 0 Å². The Morgan fingerprint density at radius 3 is 2.66 bits per heavy atom. The summed E-state index contributed by atoms with van der Waals surface area (Å²) in [5.41, 5.74) is 0.289. The van der Waals surface area contributed by atoms with Crippen LogP contribution < -0.4 is 10.1 Å². The minimum Gasteiger partial charge on any atom is -0.480 e. The molecule has 10 nitrogen and oxygen atoms in total. The maximum atomic E-state index is 12.8. The fourth-order valence-electron chi connectivity index (χ4n) is 2.73. The number of hydrogen-bond donors (Lipinski definition) is 1. The molecule has 0 aliphatic carbocycles. The van der Waals surface area contributed by atoms with Gasteiger partial charge in [0.1, 0.15) is 17.2 Å². The molecule has 2 heterocycles. The fourth-order valence-corrected chi connectivity index (χ4v) is 3.68. The highest BCUT2D eigenvalue weighted by molar-refractivity contribution is 9.10. The molecule has 32 heavy (non-hydrogen) atoms. The van der Waals surface area contributed by atoms with Gasteiger partial charge in [-0.3, -0.25) is 9.69 Å². The molecule has 1 aliphatic rings. The smallest absolute Gasteiger partial charge is 0.373 e. The van der Waals surface area contributed by atoms with Crippen LogP contribution in [0.15, 0.2) is 38.9 Å². The minimum atomic E-state index is -0.685. The maximum absolute atomic E-state index is 12.8. The van der Waals surface area contributed by atoms with E-state index in [4.69, 9.17) is 20.8 Å². The number of benzene rings is 1. The third-order valence-corrected chi connectivity index (χ3v) is 5.03. The Bertz CT molecular complexity index is 1130. The topological polar surface area (TPSA) is 124 Å². The summed E-state index contributed by atoms with van der Waals surface area (Å²) in [5, 5.41) is 2.79. The van der Waals surface area contributed by atoms with Gasteiger partial charge in [-0.25, -0.2) is 14.4 Å². The van der Waals surface area contributed by atoms with Crippen LogP contribution >= 0.6 is 27.5 Å². The van der Waals surface area contributed by atoms with Crippen LogP contribution in [0.3, 0.4) is 0 Å². The van der Waals surface area contributed by atoms with Crippen molar-refractivity contribution in [3.05, 3.63) is 56.5 Å². The zero-order valence-corrected chi connectivity index (χ0v) is 19.1. The lowest BCUT2D eigenvalue weighted by Crippen LogP contribution is -2.30. The highest BCUT2D eigenvalue weighted by atomic mass is 79.9. The molecule has 1 aromatic heterocycles. The standard InChI is InChI=1S/C20H16BrClN2O8/c1-29-16(25)9-31-17-10(5-11(22)7-13(17)21)6-14-18(26)24(20(28)23-14)8-12-3-4-15(32-12)19(27)30-2/h3-7H,8-9H2,1-2H3,(H,23,28)/b14-6-. The summed E-state index contributed by atoms with van der Waals surface area (Å²) < 4.78 is 20.3. The van der Waals surface area contributed by atoms with Crippen molar-refractivity contribution in [1.82, 2.24) is 10.2 Å². The number of carbonyl (C=O) groups excluding carboxylic acids is 4. The lowest BCUT2D eigenvalue weighted by atomic mass is 10.1. The monoisotopic (exact) mass is 526 g/mol. The van der Waals surface area contributed by atoms with Crippen LogP contribution in [0.1, 0.15) is 21.9 Å². The molecule has 0 saturated carbocycles. The quantitative estimate of drug-likeness (QED) is 0.331. The lowest BCUT2D eigenvalue weighted by molar-refractivity contribution is -0.142. The first-order valence-electron chi connectivity index (χ1n) is 8.93. The first-order chi connectivity index (χ1) is 15.2. The average Bonchev–Trinajstić information content (AvgIpc) is 3.32. The van der Waals surface area contributed by atoms with E-state index in [1.807, 2.05) is 0 Å². The van der Waals surface area contributed by atoms with Gasteiger partial charge in [-0.1, -0.05) is 11.6 Å². The van der Waals surface area contributed by atoms with Crippen molar-refractivity contribution >= 4 is 57.5 Å². The molecule has 12 heteroatoms. The van der Waals surface area contributed by atoms with Gasteiger partial charge in [0.25, 0.3) is 5.91 Å². The predicted octanol–water partition coefficient (Wildman–Crippen LogP) is 3.13. The molecule has 0 spiro atoms. The highest BCUT2D eigenvalue weighted by Gasteiger charge is 2.34. The van der Waals surface area contributed by atoms with E-state index in [0.29, 0.717) is 15.1 Å². The van der Waals surface area contributed by atoms with E-state index in [-0.39, 0.29) is 36.1 Å². The van der Waals surface area contributed by atoms with Crippen LogP contribution in [0.5, 0.6) is 5.75 Å². The van der Waals surface area contributed by atoms with Crippen LogP contribution in [0.4, 0.5) is 4.79 Å². The molecule has 168 valence electrons. The van der Waals surface area contributed by atoms with E-state index in [9.17, 15) is 19.2 Å². The Labute approximate surface area is 195 Å². The van der Waals surface area contributed by atoms with Crippen molar-refractivity contribution in [1.29, 1.82) is 0 Å². The Balaban J connectivity index is 1.84. The van der Waals surface area contributed by atoms with Gasteiger partial charge in [-0.05, 0) is 46.3 Å². The number of esters is 2. The Hall–Kier alpha value is -3.31. The first-order valence-corrected chi connectivity index (χ1v) is 10.1. The number of rotatable bonds is 7. The molecule has 3 amide bonds. The highest BCUT2D eigenvalue weighted by Crippen LogP contribution is 2.34. The van der Waals surface area contributed by atoms with Gasteiger partial charge in [0.05, 0.1) is 25.2 Å². The summed E-state index contributed by atoms with van der Waals surface area (Å²) in [5.74, 6) is -1.54. The number of furan rings is 1. The molecular formula is C20H16BrClN2O8. The van der Waals surface area contributed by atoms with Crippen molar-refractivity contribution in [3.8, 4) is 5.75 Å². The average molecular weight is 528 g/mol. The molecule has 1 N–H and O–H groups in total. The van der Waals surface area contributed by atoms with Crippen LogP contribution in [0.25, 0.3) is 6.08 Å². The van der Waals surface area contributed by atoms with Gasteiger partial charge in [-0.15, -0.1) is 0 Å². The summed E-state index contributed by atoms with van der Waals surface area (Å²) in [6.07, 6.45) is 1.37. The predicted molar refractivity (Wildman–Crippen MR) is 114 cm³/mol. The summed E-state index contributed by atoms with van der Waals surface area (Å²) in [4.78, 5) is 49.0. The van der Waals surface area contributed by atoms with Crippen molar-refractivity contribution in [2.45, 2.75) is 6.54 Å². The minimum absolute atomic E-state index is 0.0492. The Kier molecular flexibility index (Phi) is 7.21. The molecule has 1 fully saturated rings. The molecular weight excluding hydrogens is 512 g/mol. The van der Waals surface area contributed by atoms with Crippen molar-refractivity contribution < 1.29 is 37.8 Å². The van der Waals surface area contributed by atoms with Gasteiger partial charge in [-0.2, -0.15) is 0 Å². The number of ether oxygens (including phenoxy) is 3. The first kappa shape index (κ1) is 23.4. The molecule has 2 aromatic rings. The molecule has 3 rings (SSSR count). The number of amides is 3. The van der Waals surface area contributed by atoms with Crippen LogP contribution in [-0.4, -0.2) is 49.6 Å². The number of imide groups is 1. The lowest BCUT2D eigenvalue weighted by Gasteiger charge is -2.12. The van der Waals surface area contributed by atoms with Gasteiger partial charge in [0, 0.05) is 10.6 Å². The van der Waals surface area contributed by atoms with Crippen molar-refractivity contribution in [3.63, 3.8) is 0 Å². The number of halogens is 2. The second kappa shape index (κ2) is 9.88. The summed E-state index contributed by atoms with van der Waals surface area (Å²) in [6, 6.07) is 5.21. The van der Waals surface area contributed by atoms with Crippen molar-refractivity contribution in [2.75, 3.05) is 20.8 Å². The normalized spacial score (nSPS) is 14.5. The molecule has 0 atom stereocenters. The number of urea groups is 1. The van der Waals surface area contributed by atoms with E-state index in [0.717, 1.165) is 4.90 Å². The van der Waals surface area contributed by atoms with E-state index in [1.165, 1.54) is 38.5 Å². The second-order valence-electron chi connectivity index (χ2n) is 6.31. The molecule has 0 unspecified atom stereocenters. The van der Waals surface area contributed by atoms with E-state index < -0.39 is 23.9 Å². The van der Waals surface area contributed by atoms with E-state index >= 15 is 0 Å². The molecule has 1 saturated heterocycles. The molecule has 1 aromatic carbocycles. The summed E-state index contributed by atoms with van der Waals surface area (Å²) in [6.45, 7) is -0.579. The largest absolute Gasteiger partial charge is 0.480 e. The number of hydrogen-bond acceptors (Lipinski definition) is 8.